The predicted molar refractivity (Wildman–Crippen MR) is 56.7 cm³/mol. The van der Waals surface area contributed by atoms with E-state index in [-0.39, 0.29) is 0 Å². The summed E-state index contributed by atoms with van der Waals surface area (Å²) in [5, 5.41) is 9.70. The molecule has 0 aromatic heterocycles. The zero-order chi connectivity index (χ0) is 9.84. The third-order valence-electron chi connectivity index (χ3n) is 2.75. The van der Waals surface area contributed by atoms with Gasteiger partial charge in [-0.05, 0) is 30.8 Å². The van der Waals surface area contributed by atoms with Crippen molar-refractivity contribution in [2.45, 2.75) is 52.9 Å². The number of aliphatic hydroxyl groups is 1. The van der Waals surface area contributed by atoms with Crippen molar-refractivity contribution in [1.82, 2.24) is 0 Å². The van der Waals surface area contributed by atoms with Crippen LogP contribution >= 0.6 is 0 Å². The third kappa shape index (κ3) is 3.84. The van der Waals surface area contributed by atoms with Crippen molar-refractivity contribution < 1.29 is 5.11 Å². The Morgan fingerprint density at radius 2 is 1.85 bits per heavy atom. The maximum atomic E-state index is 9.70. The molecule has 1 rings (SSSR count). The van der Waals surface area contributed by atoms with E-state index in [0.29, 0.717) is 11.7 Å². The number of aliphatic hydroxyl groups excluding tert-OH is 1. The van der Waals surface area contributed by atoms with Gasteiger partial charge < -0.3 is 5.11 Å². The molecule has 1 aliphatic rings. The lowest BCUT2D eigenvalue weighted by molar-refractivity contribution is 0.320. The van der Waals surface area contributed by atoms with Crippen LogP contribution < -0.4 is 0 Å². The molecular weight excluding hydrogens is 160 g/mol. The fraction of sp³-hybridized carbons (Fsp3) is 0.833. The van der Waals surface area contributed by atoms with Crippen LogP contribution in [0.1, 0.15) is 52.9 Å². The van der Waals surface area contributed by atoms with E-state index >= 15 is 0 Å². The predicted octanol–water partition coefficient (Wildman–Crippen LogP) is 4.05. The molecule has 0 aliphatic heterocycles. The van der Waals surface area contributed by atoms with Gasteiger partial charge in [0.1, 0.15) is 0 Å². The smallest absolute Gasteiger partial charge is 0.0942 e. The minimum absolute atomic E-state index is 0.399. The monoisotopic (exact) mass is 182 g/mol. The molecule has 1 unspecified atom stereocenters. The Hall–Kier alpha value is -0.460. The summed E-state index contributed by atoms with van der Waals surface area (Å²) in [7, 11) is 0. The zero-order valence-corrected chi connectivity index (χ0v) is 9.14. The zero-order valence-electron chi connectivity index (χ0n) is 9.14. The first-order valence-corrected chi connectivity index (χ1v) is 5.52. The van der Waals surface area contributed by atoms with Crippen molar-refractivity contribution in [3.63, 3.8) is 0 Å². The summed E-state index contributed by atoms with van der Waals surface area (Å²) in [6, 6.07) is 0. The molecule has 1 saturated carbocycles. The number of allylic oxidation sites excluding steroid dienone is 2. The van der Waals surface area contributed by atoms with E-state index in [0.717, 1.165) is 25.2 Å². The molecular formula is C12H22O. The van der Waals surface area contributed by atoms with Crippen molar-refractivity contribution in [1.29, 1.82) is 0 Å². The lowest BCUT2D eigenvalue weighted by Gasteiger charge is -2.11. The van der Waals surface area contributed by atoms with E-state index < -0.39 is 0 Å². The van der Waals surface area contributed by atoms with Gasteiger partial charge in [0.15, 0.2) is 0 Å². The summed E-state index contributed by atoms with van der Waals surface area (Å²) in [6.45, 7) is 6.65. The van der Waals surface area contributed by atoms with E-state index in [4.69, 9.17) is 0 Å². The second-order valence-electron chi connectivity index (χ2n) is 4.71. The average molecular weight is 182 g/mol. The number of hydrogen-bond donors (Lipinski definition) is 1. The Morgan fingerprint density at radius 1 is 1.23 bits per heavy atom. The molecule has 1 N–H and O–H groups in total. The largest absolute Gasteiger partial charge is 0.512 e. The summed E-state index contributed by atoms with van der Waals surface area (Å²) in [6.07, 6.45) is 5.96. The molecule has 0 aromatic carbocycles. The standard InChI is InChI=1S/C12H22O/c1-9(2)5-4-6-10(3)12(13)11-7-8-11/h9-10,13H,4-8H2,1-3H3. The normalized spacial score (nSPS) is 17.7. The van der Waals surface area contributed by atoms with Gasteiger partial charge in [0, 0.05) is 5.92 Å². The lowest BCUT2D eigenvalue weighted by Crippen LogP contribution is -2.00. The first-order valence-electron chi connectivity index (χ1n) is 5.52. The van der Waals surface area contributed by atoms with Crippen molar-refractivity contribution in [3.8, 4) is 0 Å². The molecule has 0 aromatic rings. The van der Waals surface area contributed by atoms with Crippen LogP contribution in [0.4, 0.5) is 0 Å². The molecule has 1 fully saturated rings. The van der Waals surface area contributed by atoms with E-state index in [2.05, 4.69) is 20.8 Å². The topological polar surface area (TPSA) is 20.2 Å². The van der Waals surface area contributed by atoms with Gasteiger partial charge in [-0.3, -0.25) is 0 Å². The Labute approximate surface area is 81.9 Å². The van der Waals surface area contributed by atoms with Crippen molar-refractivity contribution in [3.05, 3.63) is 11.3 Å². The summed E-state index contributed by atoms with van der Waals surface area (Å²) in [5.74, 6) is 1.89. The molecule has 76 valence electrons. The summed E-state index contributed by atoms with van der Waals surface area (Å²) in [4.78, 5) is 0. The summed E-state index contributed by atoms with van der Waals surface area (Å²) in [5.41, 5.74) is 1.30. The van der Waals surface area contributed by atoms with Gasteiger partial charge in [0.25, 0.3) is 0 Å². The van der Waals surface area contributed by atoms with Crippen LogP contribution in [0.2, 0.25) is 0 Å². The highest BCUT2D eigenvalue weighted by atomic mass is 16.3. The van der Waals surface area contributed by atoms with E-state index in [1.807, 2.05) is 0 Å². The van der Waals surface area contributed by atoms with E-state index in [1.165, 1.54) is 18.4 Å². The Morgan fingerprint density at radius 3 is 2.31 bits per heavy atom. The van der Waals surface area contributed by atoms with Crippen LogP contribution in [0.3, 0.4) is 0 Å². The molecule has 0 saturated heterocycles. The highest BCUT2D eigenvalue weighted by molar-refractivity contribution is 5.21. The lowest BCUT2D eigenvalue weighted by atomic mass is 9.98. The second kappa shape index (κ2) is 4.69. The Bertz CT molecular complexity index is 185. The number of hydrogen-bond acceptors (Lipinski definition) is 1. The van der Waals surface area contributed by atoms with E-state index in [9.17, 15) is 5.11 Å². The highest BCUT2D eigenvalue weighted by Gasteiger charge is 2.20. The molecule has 0 heterocycles. The summed E-state index contributed by atoms with van der Waals surface area (Å²) < 4.78 is 0. The fourth-order valence-electron chi connectivity index (χ4n) is 1.64. The van der Waals surface area contributed by atoms with Gasteiger partial charge in [-0.2, -0.15) is 0 Å². The van der Waals surface area contributed by atoms with Crippen LogP contribution in [0.5, 0.6) is 0 Å². The SMILES string of the molecule is CC(C)CCCC(C)C(O)=C1CC1. The third-order valence-corrected chi connectivity index (χ3v) is 2.75. The van der Waals surface area contributed by atoms with Gasteiger partial charge in [-0.1, -0.05) is 33.6 Å². The molecule has 0 radical (unpaired) electrons. The summed E-state index contributed by atoms with van der Waals surface area (Å²) >= 11 is 0. The van der Waals surface area contributed by atoms with Crippen molar-refractivity contribution in [2.24, 2.45) is 11.8 Å². The van der Waals surface area contributed by atoms with Gasteiger partial charge in [-0.25, -0.2) is 0 Å². The molecule has 1 aliphatic carbocycles. The second-order valence-corrected chi connectivity index (χ2v) is 4.71. The quantitative estimate of drug-likeness (QED) is 0.636. The molecule has 13 heavy (non-hydrogen) atoms. The number of rotatable bonds is 5. The van der Waals surface area contributed by atoms with Crippen LogP contribution in [-0.2, 0) is 0 Å². The first kappa shape index (κ1) is 10.6. The van der Waals surface area contributed by atoms with Crippen LogP contribution in [0.25, 0.3) is 0 Å². The van der Waals surface area contributed by atoms with E-state index in [1.54, 1.807) is 0 Å². The van der Waals surface area contributed by atoms with Crippen LogP contribution in [-0.4, -0.2) is 5.11 Å². The van der Waals surface area contributed by atoms with Crippen LogP contribution in [0.15, 0.2) is 11.3 Å². The maximum absolute atomic E-state index is 9.70. The Balaban J connectivity index is 2.18. The maximum Gasteiger partial charge on any atom is 0.0942 e. The fourth-order valence-corrected chi connectivity index (χ4v) is 1.64. The molecule has 1 heteroatoms. The highest BCUT2D eigenvalue weighted by Crippen LogP contribution is 2.34. The van der Waals surface area contributed by atoms with Gasteiger partial charge in [-0.15, -0.1) is 0 Å². The minimum atomic E-state index is 0.399. The molecule has 0 amide bonds. The van der Waals surface area contributed by atoms with Gasteiger partial charge >= 0.3 is 0 Å². The molecule has 0 spiro atoms. The van der Waals surface area contributed by atoms with Gasteiger partial charge in [0.2, 0.25) is 0 Å². The van der Waals surface area contributed by atoms with Crippen molar-refractivity contribution in [2.75, 3.05) is 0 Å². The molecule has 1 atom stereocenters. The minimum Gasteiger partial charge on any atom is -0.512 e. The van der Waals surface area contributed by atoms with Gasteiger partial charge in [0.05, 0.1) is 5.76 Å². The first-order chi connectivity index (χ1) is 6.11. The Kier molecular flexibility index (Phi) is 3.83. The molecule has 1 nitrogen and oxygen atoms in total. The average Bonchev–Trinajstić information content (AvgIpc) is 2.84. The molecule has 0 bridgehead atoms. The van der Waals surface area contributed by atoms with Crippen LogP contribution in [0, 0.1) is 11.8 Å². The van der Waals surface area contributed by atoms with Crippen molar-refractivity contribution >= 4 is 0 Å².